The van der Waals surface area contributed by atoms with Gasteiger partial charge in [-0.2, -0.15) is 0 Å². The monoisotopic (exact) mass is 399 g/mol. The van der Waals surface area contributed by atoms with Crippen molar-refractivity contribution in [3.8, 4) is 17.2 Å². The van der Waals surface area contributed by atoms with Gasteiger partial charge in [0.2, 0.25) is 0 Å². The molecule has 0 aromatic heterocycles. The molecule has 2 aromatic rings. The lowest BCUT2D eigenvalue weighted by Crippen LogP contribution is -3.15. The van der Waals surface area contributed by atoms with E-state index in [1.165, 1.54) is 4.90 Å². The summed E-state index contributed by atoms with van der Waals surface area (Å²) in [4.78, 5) is 14.1. The average Bonchev–Trinajstić information content (AvgIpc) is 3.26. The second-order valence-electron chi connectivity index (χ2n) is 7.42. The number of ether oxygens (including phenoxy) is 3. The molecule has 1 aliphatic heterocycles. The number of amides is 1. The fourth-order valence-corrected chi connectivity index (χ4v) is 4.11. The van der Waals surface area contributed by atoms with Gasteiger partial charge in [0.05, 0.1) is 33.4 Å². The Hall–Kier alpha value is -2.73. The molecule has 2 N–H and O–H groups in total. The van der Waals surface area contributed by atoms with Crippen molar-refractivity contribution in [1.29, 1.82) is 0 Å². The third-order valence-corrected chi connectivity index (χ3v) is 5.79. The lowest BCUT2D eigenvalue weighted by Gasteiger charge is -2.28. The molecule has 1 unspecified atom stereocenters. The molecule has 1 heterocycles. The number of hydrogen-bond acceptors (Lipinski definition) is 4. The summed E-state index contributed by atoms with van der Waals surface area (Å²) in [5.41, 5.74) is 2.16. The van der Waals surface area contributed by atoms with E-state index in [0.717, 1.165) is 47.8 Å². The molecule has 0 spiro atoms. The number of quaternary nitrogens is 1. The van der Waals surface area contributed by atoms with E-state index < -0.39 is 0 Å². The molecule has 3 atom stereocenters. The fraction of sp³-hybridized carbons (Fsp3) is 0.435. The molecule has 156 valence electrons. The van der Waals surface area contributed by atoms with E-state index >= 15 is 0 Å². The number of benzene rings is 2. The smallest absolute Gasteiger partial charge is 0.278 e. The van der Waals surface area contributed by atoms with E-state index in [9.17, 15) is 4.79 Å². The number of rotatable bonds is 8. The van der Waals surface area contributed by atoms with Gasteiger partial charge in [-0.15, -0.1) is 0 Å². The molecule has 6 heteroatoms. The van der Waals surface area contributed by atoms with Crippen LogP contribution in [0.3, 0.4) is 0 Å². The van der Waals surface area contributed by atoms with Gasteiger partial charge in [-0.05, 0) is 42.8 Å². The maximum absolute atomic E-state index is 12.9. The fourth-order valence-electron chi connectivity index (χ4n) is 4.11. The van der Waals surface area contributed by atoms with Gasteiger partial charge in [0.15, 0.2) is 6.04 Å². The first-order chi connectivity index (χ1) is 14.1. The number of likely N-dealkylation sites (tertiary alicyclic amines) is 1. The van der Waals surface area contributed by atoms with Crippen molar-refractivity contribution in [2.24, 2.45) is 0 Å². The van der Waals surface area contributed by atoms with Crippen LogP contribution in [-0.2, 0) is 11.3 Å². The minimum atomic E-state index is -0.156. The van der Waals surface area contributed by atoms with Gasteiger partial charge in [0.1, 0.15) is 23.3 Å². The first kappa shape index (κ1) is 21.0. The zero-order valence-corrected chi connectivity index (χ0v) is 17.7. The van der Waals surface area contributed by atoms with Crippen LogP contribution in [0.2, 0.25) is 0 Å². The summed E-state index contributed by atoms with van der Waals surface area (Å²) in [5, 5.41) is 3.08. The Morgan fingerprint density at radius 1 is 1.07 bits per heavy atom. The van der Waals surface area contributed by atoms with Crippen molar-refractivity contribution < 1.29 is 23.9 Å². The number of carbonyl (C=O) groups is 1. The van der Waals surface area contributed by atoms with Crippen LogP contribution in [-0.4, -0.2) is 39.8 Å². The minimum Gasteiger partial charge on any atom is -0.497 e. The summed E-state index contributed by atoms with van der Waals surface area (Å²) in [7, 11) is 5.00. The van der Waals surface area contributed by atoms with E-state index in [1.807, 2.05) is 49.4 Å². The highest BCUT2D eigenvalue weighted by Crippen LogP contribution is 2.32. The third kappa shape index (κ3) is 4.82. The van der Waals surface area contributed by atoms with Gasteiger partial charge in [-0.25, -0.2) is 0 Å². The molecule has 1 aliphatic rings. The van der Waals surface area contributed by atoms with Gasteiger partial charge < -0.3 is 24.4 Å². The molecule has 0 radical (unpaired) electrons. The van der Waals surface area contributed by atoms with Crippen LogP contribution in [0.15, 0.2) is 42.5 Å². The lowest BCUT2D eigenvalue weighted by molar-refractivity contribution is -0.932. The normalized spacial score (nSPS) is 19.4. The summed E-state index contributed by atoms with van der Waals surface area (Å²) in [5.74, 6) is 2.53. The molecule has 2 aromatic carbocycles. The van der Waals surface area contributed by atoms with Crippen molar-refractivity contribution in [1.82, 2.24) is 5.32 Å². The lowest BCUT2D eigenvalue weighted by atomic mass is 10.0. The third-order valence-electron chi connectivity index (χ3n) is 5.79. The largest absolute Gasteiger partial charge is 0.497 e. The first-order valence-electron chi connectivity index (χ1n) is 10.1. The van der Waals surface area contributed by atoms with Gasteiger partial charge in [0, 0.05) is 19.4 Å². The zero-order valence-electron chi connectivity index (χ0n) is 17.7. The topological polar surface area (TPSA) is 61.2 Å². The van der Waals surface area contributed by atoms with Crippen LogP contribution in [0.5, 0.6) is 17.2 Å². The Morgan fingerprint density at radius 2 is 1.76 bits per heavy atom. The quantitative estimate of drug-likeness (QED) is 0.714. The van der Waals surface area contributed by atoms with Crippen LogP contribution < -0.4 is 24.4 Å². The first-order valence-corrected chi connectivity index (χ1v) is 10.1. The Labute approximate surface area is 172 Å². The molecular weight excluding hydrogens is 368 g/mol. The van der Waals surface area contributed by atoms with E-state index in [-0.39, 0.29) is 18.0 Å². The van der Waals surface area contributed by atoms with Gasteiger partial charge >= 0.3 is 0 Å². The van der Waals surface area contributed by atoms with E-state index in [1.54, 1.807) is 21.3 Å². The summed E-state index contributed by atoms with van der Waals surface area (Å²) >= 11 is 0. The van der Waals surface area contributed by atoms with Gasteiger partial charge in [-0.3, -0.25) is 4.79 Å². The zero-order chi connectivity index (χ0) is 20.8. The molecule has 29 heavy (non-hydrogen) atoms. The van der Waals surface area contributed by atoms with Gasteiger partial charge in [0.25, 0.3) is 5.91 Å². The van der Waals surface area contributed by atoms with Crippen molar-refractivity contribution in [2.45, 2.75) is 38.4 Å². The summed E-state index contributed by atoms with van der Waals surface area (Å²) < 4.78 is 16.2. The maximum Gasteiger partial charge on any atom is 0.278 e. The second kappa shape index (κ2) is 9.65. The average molecular weight is 400 g/mol. The number of carbonyl (C=O) groups excluding carboxylic acids is 1. The van der Waals surface area contributed by atoms with Crippen molar-refractivity contribution in [3.63, 3.8) is 0 Å². The highest BCUT2D eigenvalue weighted by molar-refractivity contribution is 5.80. The minimum absolute atomic E-state index is 0.0598. The maximum atomic E-state index is 12.9. The summed E-state index contributed by atoms with van der Waals surface area (Å²) in [6, 6.07) is 13.7. The highest BCUT2D eigenvalue weighted by atomic mass is 16.5. The molecule has 0 saturated carbocycles. The summed E-state index contributed by atoms with van der Waals surface area (Å²) in [6.07, 6.45) is 2.10. The number of nitrogens with one attached hydrogen (secondary N) is 2. The Kier molecular flexibility index (Phi) is 6.99. The Balaban J connectivity index is 1.69. The molecule has 1 amide bonds. The predicted octanol–water partition coefficient (Wildman–Crippen LogP) is 2.14. The van der Waals surface area contributed by atoms with Crippen molar-refractivity contribution in [2.75, 3.05) is 27.9 Å². The highest BCUT2D eigenvalue weighted by Gasteiger charge is 2.38. The SMILES string of the molecule is COc1ccc(CNC(=O)[C@H](C)[NH+]2CCC[C@@H]2c2cc(OC)ccc2OC)cc1. The molecule has 0 bridgehead atoms. The molecule has 6 nitrogen and oxygen atoms in total. The standard InChI is InChI=1S/C23H30N2O4/c1-16(23(26)24-15-17-7-9-18(27-2)10-8-17)25-13-5-6-21(25)20-14-19(28-3)11-12-22(20)29-4/h7-12,14,16,21H,5-6,13,15H2,1-4H3,(H,24,26)/p+1/t16-,21+/m0/s1. The van der Waals surface area contributed by atoms with Crippen LogP contribution in [0.25, 0.3) is 0 Å². The second-order valence-corrected chi connectivity index (χ2v) is 7.42. The molecule has 1 saturated heterocycles. The molecule has 0 aliphatic carbocycles. The van der Waals surface area contributed by atoms with Crippen molar-refractivity contribution >= 4 is 5.91 Å². The van der Waals surface area contributed by atoms with Crippen LogP contribution in [0.1, 0.15) is 36.9 Å². The van der Waals surface area contributed by atoms with Gasteiger partial charge in [-0.1, -0.05) is 12.1 Å². The molecule has 1 fully saturated rings. The number of hydrogen-bond donors (Lipinski definition) is 2. The van der Waals surface area contributed by atoms with Crippen LogP contribution >= 0.6 is 0 Å². The Morgan fingerprint density at radius 3 is 2.41 bits per heavy atom. The van der Waals surface area contributed by atoms with Crippen LogP contribution in [0, 0.1) is 0 Å². The van der Waals surface area contributed by atoms with Crippen molar-refractivity contribution in [3.05, 3.63) is 53.6 Å². The van der Waals surface area contributed by atoms with E-state index in [4.69, 9.17) is 14.2 Å². The molecule has 3 rings (SSSR count). The summed E-state index contributed by atoms with van der Waals surface area (Å²) in [6.45, 7) is 3.47. The molecular formula is C23H31N2O4+. The van der Waals surface area contributed by atoms with Crippen LogP contribution in [0.4, 0.5) is 0 Å². The van der Waals surface area contributed by atoms with E-state index in [2.05, 4.69) is 5.32 Å². The Bertz CT molecular complexity index is 822. The number of methoxy groups -OCH3 is 3. The van der Waals surface area contributed by atoms with E-state index in [0.29, 0.717) is 6.54 Å². The predicted molar refractivity (Wildman–Crippen MR) is 112 cm³/mol.